The zero-order valence-corrected chi connectivity index (χ0v) is 22.1. The third kappa shape index (κ3) is 9.56. The van der Waals surface area contributed by atoms with Crippen LogP contribution in [0.2, 0.25) is 10.0 Å². The lowest BCUT2D eigenvalue weighted by Gasteiger charge is -2.10. The summed E-state index contributed by atoms with van der Waals surface area (Å²) in [5, 5.41) is -0.171. The molecule has 9 nitrogen and oxygen atoms in total. The first-order valence-electron chi connectivity index (χ1n) is 10.2. The van der Waals surface area contributed by atoms with E-state index >= 15 is 0 Å². The lowest BCUT2D eigenvalue weighted by atomic mass is 10.2. The minimum Gasteiger partial charge on any atom is -0.395 e. The highest BCUT2D eigenvalue weighted by Gasteiger charge is 2.20. The van der Waals surface area contributed by atoms with Gasteiger partial charge in [0.2, 0.25) is 20.0 Å². The number of unbranched alkanes of at least 4 members (excludes halogenated alkanes) is 1. The quantitative estimate of drug-likeness (QED) is 0.285. The van der Waals surface area contributed by atoms with Crippen LogP contribution < -0.4 is 20.9 Å². The van der Waals surface area contributed by atoms with E-state index in [1.165, 1.54) is 12.1 Å². The summed E-state index contributed by atoms with van der Waals surface area (Å²) in [6.07, 6.45) is 1.04. The number of hydrogen-bond acceptors (Lipinski definition) is 6. The Morgan fingerprint density at radius 3 is 1.83 bits per heavy atom. The van der Waals surface area contributed by atoms with Crippen molar-refractivity contribution in [2.75, 3.05) is 33.4 Å². The molecule has 0 aromatic heterocycles. The standard InChI is InChI=1S/C10H11ClF2N2O3S.C10H14ClFN2O2S/c11-6-2-3-7(9(13)8(6)10(14)16)15-19(17,18)5-1-4-12;1-2-3-6-17(15,16)14-8-5-4-7(11)10(13)9(8)12/h2-3,15H,1,4-5H2,(H2,14,16);4-5,14H,2-3,6,13H2,1H3. The van der Waals surface area contributed by atoms with Crippen LogP contribution in [0.15, 0.2) is 24.3 Å². The molecule has 2 rings (SSSR count). The summed E-state index contributed by atoms with van der Waals surface area (Å²) < 4.78 is 89.5. The second kappa shape index (κ2) is 13.8. The fourth-order valence-electron chi connectivity index (χ4n) is 2.52. The second-order valence-electron chi connectivity index (χ2n) is 7.21. The van der Waals surface area contributed by atoms with Crippen molar-refractivity contribution in [2.24, 2.45) is 5.73 Å². The zero-order valence-electron chi connectivity index (χ0n) is 19.0. The lowest BCUT2D eigenvalue weighted by Crippen LogP contribution is -2.20. The van der Waals surface area contributed by atoms with Crippen molar-refractivity contribution in [3.63, 3.8) is 0 Å². The van der Waals surface area contributed by atoms with E-state index in [4.69, 9.17) is 34.7 Å². The molecule has 6 N–H and O–H groups in total. The Bertz CT molecular complexity index is 1300. The van der Waals surface area contributed by atoms with Gasteiger partial charge in [0.1, 0.15) is 0 Å². The maximum atomic E-state index is 13.9. The first-order valence-corrected chi connectivity index (χ1v) is 14.3. The van der Waals surface area contributed by atoms with Gasteiger partial charge >= 0.3 is 0 Å². The van der Waals surface area contributed by atoms with Crippen molar-refractivity contribution >= 4 is 66.2 Å². The number of anilines is 3. The number of alkyl halides is 1. The van der Waals surface area contributed by atoms with Crippen LogP contribution in [0.5, 0.6) is 0 Å². The highest BCUT2D eigenvalue weighted by molar-refractivity contribution is 7.92. The Kier molecular flexibility index (Phi) is 12.1. The maximum Gasteiger partial charge on any atom is 0.253 e. The Morgan fingerprint density at radius 1 is 0.889 bits per heavy atom. The summed E-state index contributed by atoms with van der Waals surface area (Å²) in [5.74, 6) is -3.68. The summed E-state index contributed by atoms with van der Waals surface area (Å²) >= 11 is 11.2. The molecule has 2 aromatic rings. The van der Waals surface area contributed by atoms with Gasteiger partial charge in [-0.25, -0.2) is 25.6 Å². The molecular formula is C20H25Cl2F3N4O5S2. The van der Waals surface area contributed by atoms with E-state index in [1.54, 1.807) is 0 Å². The number of nitrogens with two attached hydrogens (primary N) is 2. The van der Waals surface area contributed by atoms with E-state index in [-0.39, 0.29) is 33.6 Å². The fraction of sp³-hybridized carbons (Fsp3) is 0.350. The number of carbonyl (C=O) groups is 1. The van der Waals surface area contributed by atoms with Gasteiger partial charge < -0.3 is 11.5 Å². The van der Waals surface area contributed by atoms with Gasteiger partial charge in [0.25, 0.3) is 5.91 Å². The van der Waals surface area contributed by atoms with E-state index in [2.05, 4.69) is 4.72 Å². The summed E-state index contributed by atoms with van der Waals surface area (Å²) in [6.45, 7) is 1.06. The number of amides is 1. The van der Waals surface area contributed by atoms with Crippen LogP contribution in [0.4, 0.5) is 30.2 Å². The molecule has 0 saturated heterocycles. The SMILES string of the molecule is CCCCS(=O)(=O)Nc1ccc(Cl)c(N)c1F.NC(=O)c1c(Cl)ccc(NS(=O)(=O)CCCF)c1F. The predicted octanol–water partition coefficient (Wildman–Crippen LogP) is 4.28. The normalized spacial score (nSPS) is 11.4. The number of rotatable bonds is 11. The predicted molar refractivity (Wildman–Crippen MR) is 136 cm³/mol. The van der Waals surface area contributed by atoms with Gasteiger partial charge in [-0.3, -0.25) is 18.6 Å². The molecule has 202 valence electrons. The number of primary amides is 1. The molecule has 36 heavy (non-hydrogen) atoms. The summed E-state index contributed by atoms with van der Waals surface area (Å²) in [5.41, 5.74) is 8.79. The van der Waals surface area contributed by atoms with Crippen LogP contribution in [-0.2, 0) is 20.0 Å². The van der Waals surface area contributed by atoms with Crippen molar-refractivity contribution in [3.05, 3.63) is 51.5 Å². The highest BCUT2D eigenvalue weighted by atomic mass is 35.5. The van der Waals surface area contributed by atoms with Crippen molar-refractivity contribution in [1.29, 1.82) is 0 Å². The van der Waals surface area contributed by atoms with Crippen LogP contribution in [0, 0.1) is 11.6 Å². The first kappa shape index (κ1) is 31.6. The second-order valence-corrected chi connectivity index (χ2v) is 11.7. The van der Waals surface area contributed by atoms with E-state index in [9.17, 15) is 34.8 Å². The average Bonchev–Trinajstić information content (AvgIpc) is 2.79. The first-order chi connectivity index (χ1) is 16.7. The monoisotopic (exact) mass is 592 g/mol. The van der Waals surface area contributed by atoms with Gasteiger partial charge in [0.05, 0.1) is 50.9 Å². The van der Waals surface area contributed by atoms with Gasteiger partial charge in [0, 0.05) is 0 Å². The van der Waals surface area contributed by atoms with Crippen LogP contribution in [0.1, 0.15) is 36.5 Å². The molecule has 0 aliphatic heterocycles. The van der Waals surface area contributed by atoms with Crippen molar-refractivity contribution in [3.8, 4) is 0 Å². The molecule has 16 heteroatoms. The number of benzene rings is 2. The van der Waals surface area contributed by atoms with Crippen LogP contribution in [-0.4, -0.2) is 40.9 Å². The molecule has 0 heterocycles. The molecule has 0 saturated carbocycles. The molecule has 0 atom stereocenters. The Labute approximate surface area is 217 Å². The minimum absolute atomic E-state index is 0.0501. The third-order valence-electron chi connectivity index (χ3n) is 4.31. The number of carbonyl (C=O) groups excluding carboxylic acids is 1. The molecule has 0 aliphatic carbocycles. The molecule has 1 amide bonds. The van der Waals surface area contributed by atoms with Crippen LogP contribution in [0.3, 0.4) is 0 Å². The van der Waals surface area contributed by atoms with E-state index in [0.29, 0.717) is 6.42 Å². The average molecular weight is 593 g/mol. The largest absolute Gasteiger partial charge is 0.395 e. The smallest absolute Gasteiger partial charge is 0.253 e. The van der Waals surface area contributed by atoms with Gasteiger partial charge in [-0.1, -0.05) is 36.5 Å². The minimum atomic E-state index is -3.90. The Hall–Kier alpha value is -2.42. The summed E-state index contributed by atoms with van der Waals surface area (Å²) in [4.78, 5) is 11.0. The van der Waals surface area contributed by atoms with E-state index in [0.717, 1.165) is 18.6 Å². The van der Waals surface area contributed by atoms with E-state index < -0.39 is 61.3 Å². The van der Waals surface area contributed by atoms with Crippen LogP contribution >= 0.6 is 23.2 Å². The number of nitrogen functional groups attached to an aromatic ring is 1. The number of hydrogen-bond donors (Lipinski definition) is 4. The van der Waals surface area contributed by atoms with Crippen molar-refractivity contribution in [1.82, 2.24) is 0 Å². The Morgan fingerprint density at radius 2 is 1.36 bits per heavy atom. The number of halogens is 5. The van der Waals surface area contributed by atoms with Crippen molar-refractivity contribution < 1.29 is 34.8 Å². The van der Waals surface area contributed by atoms with Gasteiger partial charge in [-0.2, -0.15) is 0 Å². The van der Waals surface area contributed by atoms with Crippen LogP contribution in [0.25, 0.3) is 0 Å². The topological polar surface area (TPSA) is 161 Å². The van der Waals surface area contributed by atoms with Gasteiger partial charge in [-0.15, -0.1) is 0 Å². The fourth-order valence-corrected chi connectivity index (χ4v) is 5.25. The molecule has 0 bridgehead atoms. The third-order valence-corrected chi connectivity index (χ3v) is 7.67. The van der Waals surface area contributed by atoms with Gasteiger partial charge in [0.15, 0.2) is 11.6 Å². The molecular weight excluding hydrogens is 568 g/mol. The molecule has 0 spiro atoms. The number of nitrogens with one attached hydrogen (secondary N) is 2. The molecule has 2 aromatic carbocycles. The zero-order chi connectivity index (χ0) is 27.7. The summed E-state index contributed by atoms with van der Waals surface area (Å²) in [7, 11) is -7.44. The van der Waals surface area contributed by atoms with E-state index in [1.807, 2.05) is 11.6 Å². The maximum absolute atomic E-state index is 13.9. The Balaban J connectivity index is 0.000000362. The van der Waals surface area contributed by atoms with Gasteiger partial charge in [-0.05, 0) is 37.1 Å². The summed E-state index contributed by atoms with van der Waals surface area (Å²) in [6, 6.07) is 4.78. The number of sulfonamides is 2. The molecule has 0 aliphatic rings. The molecule has 0 radical (unpaired) electrons. The molecule has 0 fully saturated rings. The lowest BCUT2D eigenvalue weighted by molar-refractivity contribution is 0.0996. The molecule has 0 unspecified atom stereocenters. The van der Waals surface area contributed by atoms with Crippen molar-refractivity contribution in [2.45, 2.75) is 26.2 Å². The highest BCUT2D eigenvalue weighted by Crippen LogP contribution is 2.28.